The zero-order valence-corrected chi connectivity index (χ0v) is 13.3. The van der Waals surface area contributed by atoms with Crippen LogP contribution in [0.25, 0.3) is 0 Å². The summed E-state index contributed by atoms with van der Waals surface area (Å²) in [7, 11) is 0. The second-order valence-corrected chi connectivity index (χ2v) is 6.51. The monoisotopic (exact) mass is 272 g/mol. The number of aliphatic hydroxyl groups is 1. The van der Waals surface area contributed by atoms with E-state index >= 15 is 0 Å². The lowest BCUT2D eigenvalue weighted by Gasteiger charge is -2.32. The number of hydrogen-bond acceptors (Lipinski definition) is 3. The second kappa shape index (κ2) is 8.54. The van der Waals surface area contributed by atoms with E-state index in [0.717, 1.165) is 19.3 Å². The van der Waals surface area contributed by atoms with Gasteiger partial charge >= 0.3 is 0 Å². The average molecular weight is 272 g/mol. The fraction of sp³-hybridized carbons (Fsp3) is 0.933. The Morgan fingerprint density at radius 1 is 1.26 bits per heavy atom. The van der Waals surface area contributed by atoms with Crippen LogP contribution in [0.2, 0.25) is 0 Å². The molecule has 114 valence electrons. The Hall–Kier alpha value is -0.610. The third-order valence-electron chi connectivity index (χ3n) is 3.36. The molecule has 0 aromatic carbocycles. The predicted octanol–water partition coefficient (Wildman–Crippen LogP) is 2.15. The van der Waals surface area contributed by atoms with Gasteiger partial charge in [-0.2, -0.15) is 0 Å². The van der Waals surface area contributed by atoms with Crippen LogP contribution in [0.15, 0.2) is 0 Å². The van der Waals surface area contributed by atoms with E-state index in [1.807, 2.05) is 0 Å². The van der Waals surface area contributed by atoms with E-state index in [1.54, 1.807) is 4.90 Å². The molecular weight excluding hydrogens is 240 g/mol. The normalized spacial score (nSPS) is 13.7. The van der Waals surface area contributed by atoms with Gasteiger partial charge in [0.1, 0.15) is 0 Å². The van der Waals surface area contributed by atoms with Crippen molar-refractivity contribution in [3.05, 3.63) is 0 Å². The molecule has 0 rings (SSSR count). The number of aliphatic hydroxyl groups excluding tert-OH is 1. The Morgan fingerprint density at radius 3 is 2.16 bits per heavy atom. The Bertz CT molecular complexity index is 257. The van der Waals surface area contributed by atoms with Crippen molar-refractivity contribution < 1.29 is 9.90 Å². The summed E-state index contributed by atoms with van der Waals surface area (Å²) in [6.07, 6.45) is 3.02. The van der Waals surface area contributed by atoms with E-state index in [0.29, 0.717) is 13.0 Å². The lowest BCUT2D eigenvalue weighted by molar-refractivity contribution is -0.134. The molecule has 1 amide bonds. The Labute approximate surface area is 118 Å². The van der Waals surface area contributed by atoms with Crippen LogP contribution >= 0.6 is 0 Å². The van der Waals surface area contributed by atoms with Gasteiger partial charge in [-0.3, -0.25) is 4.79 Å². The average Bonchev–Trinajstić information content (AvgIpc) is 2.26. The topological polar surface area (TPSA) is 66.6 Å². The van der Waals surface area contributed by atoms with Gasteiger partial charge in [0.15, 0.2) is 0 Å². The molecule has 0 aliphatic rings. The fourth-order valence-corrected chi connectivity index (χ4v) is 2.55. The minimum atomic E-state index is -0.108. The summed E-state index contributed by atoms with van der Waals surface area (Å²) in [6, 6.07) is 0.101. The zero-order chi connectivity index (χ0) is 15.1. The molecule has 1 atom stereocenters. The Balaban J connectivity index is 4.55. The molecule has 0 aromatic rings. The number of nitrogens with zero attached hydrogens (tertiary/aromatic N) is 1. The number of carbonyl (C=O) groups is 1. The molecule has 0 radical (unpaired) electrons. The van der Waals surface area contributed by atoms with E-state index in [2.05, 4.69) is 34.6 Å². The summed E-state index contributed by atoms with van der Waals surface area (Å²) in [5.41, 5.74) is 6.20. The minimum Gasteiger partial charge on any atom is -0.395 e. The molecule has 0 aliphatic carbocycles. The van der Waals surface area contributed by atoms with Gasteiger partial charge in [-0.15, -0.1) is 0 Å². The largest absolute Gasteiger partial charge is 0.395 e. The fourth-order valence-electron chi connectivity index (χ4n) is 2.55. The number of hydrogen-bond donors (Lipinski definition) is 2. The van der Waals surface area contributed by atoms with Crippen molar-refractivity contribution in [2.75, 3.05) is 13.2 Å². The molecule has 0 aromatic heterocycles. The van der Waals surface area contributed by atoms with Crippen LogP contribution < -0.4 is 5.73 Å². The van der Waals surface area contributed by atoms with Crippen molar-refractivity contribution in [3.8, 4) is 0 Å². The number of amides is 1. The molecule has 0 saturated heterocycles. The zero-order valence-electron chi connectivity index (χ0n) is 13.3. The third kappa shape index (κ3) is 7.53. The van der Waals surface area contributed by atoms with E-state index in [4.69, 9.17) is 10.8 Å². The summed E-state index contributed by atoms with van der Waals surface area (Å²) in [5, 5.41) is 9.12. The van der Waals surface area contributed by atoms with Crippen molar-refractivity contribution in [1.29, 1.82) is 0 Å². The third-order valence-corrected chi connectivity index (χ3v) is 3.36. The highest BCUT2D eigenvalue weighted by Crippen LogP contribution is 2.22. The molecule has 4 heteroatoms. The van der Waals surface area contributed by atoms with Gasteiger partial charge in [-0.1, -0.05) is 34.6 Å². The highest BCUT2D eigenvalue weighted by atomic mass is 16.3. The Morgan fingerprint density at radius 2 is 1.79 bits per heavy atom. The Kier molecular flexibility index (Phi) is 8.26. The maximum absolute atomic E-state index is 12.3. The highest BCUT2D eigenvalue weighted by molar-refractivity contribution is 5.77. The summed E-state index contributed by atoms with van der Waals surface area (Å²) in [5.74, 6) is 0.0690. The molecule has 0 spiro atoms. The molecular formula is C15H32N2O2. The second-order valence-electron chi connectivity index (χ2n) is 6.51. The van der Waals surface area contributed by atoms with Crippen molar-refractivity contribution in [2.45, 2.75) is 72.4 Å². The maximum Gasteiger partial charge on any atom is 0.224 e. The lowest BCUT2D eigenvalue weighted by Crippen LogP contribution is -2.44. The number of rotatable bonds is 8. The van der Waals surface area contributed by atoms with E-state index in [9.17, 15) is 4.79 Å². The van der Waals surface area contributed by atoms with E-state index in [-0.39, 0.29) is 30.0 Å². The van der Waals surface area contributed by atoms with Crippen LogP contribution in [0.1, 0.15) is 60.3 Å². The van der Waals surface area contributed by atoms with Gasteiger partial charge in [-0.05, 0) is 24.7 Å². The number of nitrogens with two attached hydrogens (primary N) is 1. The van der Waals surface area contributed by atoms with Gasteiger partial charge in [0.05, 0.1) is 6.61 Å². The molecule has 1 unspecified atom stereocenters. The molecule has 0 bridgehead atoms. The van der Waals surface area contributed by atoms with Crippen molar-refractivity contribution in [3.63, 3.8) is 0 Å². The molecule has 19 heavy (non-hydrogen) atoms. The van der Waals surface area contributed by atoms with Gasteiger partial charge in [0, 0.05) is 25.0 Å². The van der Waals surface area contributed by atoms with Gasteiger partial charge in [-0.25, -0.2) is 0 Å². The summed E-state index contributed by atoms with van der Waals surface area (Å²) in [6.45, 7) is 10.9. The molecule has 3 N–H and O–H groups in total. The van der Waals surface area contributed by atoms with Crippen molar-refractivity contribution in [2.24, 2.45) is 11.1 Å². The summed E-state index contributed by atoms with van der Waals surface area (Å²) in [4.78, 5) is 14.1. The molecule has 4 nitrogen and oxygen atoms in total. The summed E-state index contributed by atoms with van der Waals surface area (Å²) < 4.78 is 0. The first-order chi connectivity index (χ1) is 8.75. The molecule has 0 saturated carbocycles. The predicted molar refractivity (Wildman–Crippen MR) is 79.8 cm³/mol. The van der Waals surface area contributed by atoms with E-state index in [1.165, 1.54) is 0 Å². The first kappa shape index (κ1) is 18.4. The first-order valence-corrected chi connectivity index (χ1v) is 7.41. The first-order valence-electron chi connectivity index (χ1n) is 7.41. The van der Waals surface area contributed by atoms with Crippen LogP contribution in [0.5, 0.6) is 0 Å². The van der Waals surface area contributed by atoms with Gasteiger partial charge in [0.25, 0.3) is 0 Å². The quantitative estimate of drug-likeness (QED) is 0.711. The molecule has 0 heterocycles. The lowest BCUT2D eigenvalue weighted by atomic mass is 9.87. The van der Waals surface area contributed by atoms with Gasteiger partial charge < -0.3 is 15.7 Å². The van der Waals surface area contributed by atoms with Crippen LogP contribution in [0, 0.1) is 5.41 Å². The van der Waals surface area contributed by atoms with Crippen LogP contribution in [0.4, 0.5) is 0 Å². The van der Waals surface area contributed by atoms with Crippen LogP contribution in [-0.2, 0) is 4.79 Å². The SMILES string of the molecule is CCC(CC)N(CCO)C(=O)CC(N)CC(C)(C)C. The van der Waals surface area contributed by atoms with Crippen LogP contribution in [0.3, 0.4) is 0 Å². The molecule has 0 aliphatic heterocycles. The van der Waals surface area contributed by atoms with Crippen molar-refractivity contribution >= 4 is 5.91 Å². The highest BCUT2D eigenvalue weighted by Gasteiger charge is 2.24. The number of carbonyl (C=O) groups excluding carboxylic acids is 1. The minimum absolute atomic E-state index is 0.0107. The van der Waals surface area contributed by atoms with E-state index < -0.39 is 0 Å². The van der Waals surface area contributed by atoms with Crippen molar-refractivity contribution in [1.82, 2.24) is 4.90 Å². The standard InChI is InChI=1S/C15H32N2O2/c1-6-13(7-2)17(8-9-18)14(19)10-12(16)11-15(3,4)5/h12-13,18H,6-11,16H2,1-5H3. The summed E-state index contributed by atoms with van der Waals surface area (Å²) >= 11 is 0. The maximum atomic E-state index is 12.3. The molecule has 0 fully saturated rings. The van der Waals surface area contributed by atoms with Gasteiger partial charge in [0.2, 0.25) is 5.91 Å². The van der Waals surface area contributed by atoms with Crippen LogP contribution in [-0.4, -0.2) is 41.1 Å². The smallest absolute Gasteiger partial charge is 0.224 e.